The summed E-state index contributed by atoms with van der Waals surface area (Å²) in [6, 6.07) is 6.44. The van der Waals surface area contributed by atoms with Crippen molar-refractivity contribution in [2.24, 2.45) is 0 Å². The van der Waals surface area contributed by atoms with Crippen LogP contribution in [0.15, 0.2) is 24.5 Å². The van der Waals surface area contributed by atoms with Gasteiger partial charge in [-0.1, -0.05) is 44.5 Å². The van der Waals surface area contributed by atoms with Gasteiger partial charge in [-0.05, 0) is 36.5 Å². The lowest BCUT2D eigenvalue weighted by Gasteiger charge is -2.14. The predicted molar refractivity (Wildman–Crippen MR) is 95.7 cm³/mol. The number of halogens is 1. The lowest BCUT2D eigenvalue weighted by Crippen LogP contribution is -2.13. The highest BCUT2D eigenvalue weighted by molar-refractivity contribution is 6.33. The van der Waals surface area contributed by atoms with Gasteiger partial charge >= 0.3 is 0 Å². The normalized spacial score (nSPS) is 10.9. The van der Waals surface area contributed by atoms with Crippen molar-refractivity contribution in [2.75, 3.05) is 18.5 Å². The second-order valence-electron chi connectivity index (χ2n) is 5.77. The molecule has 0 saturated carbocycles. The number of ether oxygens (including phenoxy) is 1. The first kappa shape index (κ1) is 17.5. The highest BCUT2D eigenvalue weighted by Crippen LogP contribution is 2.25. The average Bonchev–Trinajstić information content (AvgIpc) is 2.55. The van der Waals surface area contributed by atoms with Crippen LogP contribution in [-0.2, 0) is 6.42 Å². The van der Waals surface area contributed by atoms with Gasteiger partial charge in [0.15, 0.2) is 0 Å². The van der Waals surface area contributed by atoms with Gasteiger partial charge < -0.3 is 10.1 Å². The number of nitrogens with one attached hydrogen (secondary N) is 1. The molecule has 5 heteroatoms. The Morgan fingerprint density at radius 3 is 2.74 bits per heavy atom. The zero-order chi connectivity index (χ0) is 16.8. The van der Waals surface area contributed by atoms with Gasteiger partial charge in [0.25, 0.3) is 0 Å². The third kappa shape index (κ3) is 4.58. The van der Waals surface area contributed by atoms with Crippen molar-refractivity contribution in [3.05, 3.63) is 46.4 Å². The molecule has 0 radical (unpaired) electrons. The number of rotatable bonds is 7. The molecule has 0 aliphatic rings. The fourth-order valence-electron chi connectivity index (χ4n) is 2.29. The minimum atomic E-state index is 0.527. The van der Waals surface area contributed by atoms with Crippen molar-refractivity contribution in [3.63, 3.8) is 0 Å². The Balaban J connectivity index is 1.92. The van der Waals surface area contributed by atoms with E-state index in [0.29, 0.717) is 29.9 Å². The van der Waals surface area contributed by atoms with Crippen LogP contribution in [0.5, 0.6) is 5.75 Å². The van der Waals surface area contributed by atoms with E-state index in [1.807, 2.05) is 6.92 Å². The molecule has 124 valence electrons. The van der Waals surface area contributed by atoms with Crippen LogP contribution < -0.4 is 10.1 Å². The number of aromatic nitrogens is 2. The first-order valence-electron chi connectivity index (χ1n) is 7.99. The molecule has 0 unspecified atom stereocenters. The molecule has 0 amide bonds. The number of hydrogen-bond acceptors (Lipinski definition) is 4. The number of hydrogen-bond donors (Lipinski definition) is 1. The fraction of sp³-hybridized carbons (Fsp3) is 0.444. The summed E-state index contributed by atoms with van der Waals surface area (Å²) >= 11 is 6.16. The Kier molecular flexibility index (Phi) is 6.22. The van der Waals surface area contributed by atoms with Crippen LogP contribution >= 0.6 is 11.6 Å². The smallest absolute Gasteiger partial charge is 0.148 e. The van der Waals surface area contributed by atoms with Gasteiger partial charge in [-0.2, -0.15) is 0 Å². The Morgan fingerprint density at radius 2 is 2.04 bits per heavy atom. The summed E-state index contributed by atoms with van der Waals surface area (Å²) < 4.78 is 5.91. The molecule has 0 spiro atoms. The van der Waals surface area contributed by atoms with Gasteiger partial charge in [0.05, 0.1) is 12.2 Å². The second kappa shape index (κ2) is 8.16. The van der Waals surface area contributed by atoms with E-state index in [0.717, 1.165) is 17.9 Å². The monoisotopic (exact) mass is 333 g/mol. The summed E-state index contributed by atoms with van der Waals surface area (Å²) in [5, 5.41) is 3.74. The molecule has 4 nitrogen and oxygen atoms in total. The van der Waals surface area contributed by atoms with E-state index >= 15 is 0 Å². The molecule has 1 aromatic carbocycles. The summed E-state index contributed by atoms with van der Waals surface area (Å²) in [6.45, 7) is 9.58. The Hall–Kier alpha value is -1.81. The summed E-state index contributed by atoms with van der Waals surface area (Å²) in [6.07, 6.45) is 2.46. The standard InChI is InChI=1S/C18H24ClN3O/c1-5-14-10-15(12(2)3)6-7-16(14)23-9-8-20-18-17(19)13(4)21-11-22-18/h6-7,10-12H,5,8-9H2,1-4H3,(H,20,21,22). The summed E-state index contributed by atoms with van der Waals surface area (Å²) in [4.78, 5) is 8.18. The van der Waals surface area contributed by atoms with E-state index < -0.39 is 0 Å². The zero-order valence-corrected chi connectivity index (χ0v) is 14.9. The molecule has 1 heterocycles. The number of anilines is 1. The molecule has 0 aliphatic heterocycles. The van der Waals surface area contributed by atoms with E-state index in [9.17, 15) is 0 Å². The van der Waals surface area contributed by atoms with Crippen molar-refractivity contribution in [3.8, 4) is 5.75 Å². The highest BCUT2D eigenvalue weighted by atomic mass is 35.5. The number of aryl methyl sites for hydroxylation is 2. The molecule has 0 aliphatic carbocycles. The van der Waals surface area contributed by atoms with E-state index in [1.54, 1.807) is 0 Å². The van der Waals surface area contributed by atoms with Crippen LogP contribution in [-0.4, -0.2) is 23.1 Å². The van der Waals surface area contributed by atoms with Crippen LogP contribution in [0.1, 0.15) is 43.5 Å². The van der Waals surface area contributed by atoms with Crippen molar-refractivity contribution in [2.45, 2.75) is 40.0 Å². The molecule has 23 heavy (non-hydrogen) atoms. The topological polar surface area (TPSA) is 47.0 Å². The molecule has 1 N–H and O–H groups in total. The van der Waals surface area contributed by atoms with Gasteiger partial charge in [0.2, 0.25) is 0 Å². The van der Waals surface area contributed by atoms with E-state index in [1.165, 1.54) is 17.5 Å². The average molecular weight is 334 g/mol. The van der Waals surface area contributed by atoms with E-state index in [2.05, 4.69) is 54.3 Å². The Bertz CT molecular complexity index is 659. The molecule has 0 fully saturated rings. The van der Waals surface area contributed by atoms with Crippen molar-refractivity contribution >= 4 is 17.4 Å². The van der Waals surface area contributed by atoms with Crippen LogP contribution in [0.25, 0.3) is 0 Å². The van der Waals surface area contributed by atoms with Crippen molar-refractivity contribution in [1.29, 1.82) is 0 Å². The molecular weight excluding hydrogens is 310 g/mol. The highest BCUT2D eigenvalue weighted by Gasteiger charge is 2.07. The molecule has 2 rings (SSSR count). The minimum absolute atomic E-state index is 0.527. The third-order valence-corrected chi connectivity index (χ3v) is 4.20. The Morgan fingerprint density at radius 1 is 1.26 bits per heavy atom. The van der Waals surface area contributed by atoms with Crippen LogP contribution in [0.3, 0.4) is 0 Å². The van der Waals surface area contributed by atoms with Crippen LogP contribution in [0, 0.1) is 6.92 Å². The maximum absolute atomic E-state index is 6.16. The summed E-state index contributed by atoms with van der Waals surface area (Å²) in [5.41, 5.74) is 3.35. The molecular formula is C18H24ClN3O. The van der Waals surface area contributed by atoms with E-state index in [4.69, 9.17) is 16.3 Å². The van der Waals surface area contributed by atoms with Gasteiger partial charge in [-0.15, -0.1) is 0 Å². The second-order valence-corrected chi connectivity index (χ2v) is 6.15. The van der Waals surface area contributed by atoms with Crippen molar-refractivity contribution < 1.29 is 4.74 Å². The third-order valence-electron chi connectivity index (χ3n) is 3.75. The molecule has 0 bridgehead atoms. The largest absolute Gasteiger partial charge is 0.491 e. The van der Waals surface area contributed by atoms with Gasteiger partial charge in [-0.3, -0.25) is 0 Å². The molecule has 1 aromatic heterocycles. The van der Waals surface area contributed by atoms with Gasteiger partial charge in [0.1, 0.15) is 29.5 Å². The summed E-state index contributed by atoms with van der Waals surface area (Å²) in [7, 11) is 0. The SMILES string of the molecule is CCc1cc(C(C)C)ccc1OCCNc1ncnc(C)c1Cl. The van der Waals surface area contributed by atoms with E-state index in [-0.39, 0.29) is 0 Å². The fourth-order valence-corrected chi connectivity index (χ4v) is 2.45. The van der Waals surface area contributed by atoms with Gasteiger partial charge in [-0.25, -0.2) is 9.97 Å². The first-order valence-corrected chi connectivity index (χ1v) is 8.37. The number of nitrogens with zero attached hydrogens (tertiary/aromatic N) is 2. The van der Waals surface area contributed by atoms with Crippen LogP contribution in [0.4, 0.5) is 5.82 Å². The maximum Gasteiger partial charge on any atom is 0.148 e. The maximum atomic E-state index is 6.16. The quantitative estimate of drug-likeness (QED) is 0.751. The minimum Gasteiger partial charge on any atom is -0.491 e. The zero-order valence-electron chi connectivity index (χ0n) is 14.2. The lowest BCUT2D eigenvalue weighted by atomic mass is 9.99. The van der Waals surface area contributed by atoms with Gasteiger partial charge in [0, 0.05) is 0 Å². The summed E-state index contributed by atoms with van der Waals surface area (Å²) in [5.74, 6) is 2.12. The first-order chi connectivity index (χ1) is 11.0. The van der Waals surface area contributed by atoms with Crippen LogP contribution in [0.2, 0.25) is 5.02 Å². The lowest BCUT2D eigenvalue weighted by molar-refractivity contribution is 0.329. The molecule has 2 aromatic rings. The predicted octanol–water partition coefficient (Wildman–Crippen LogP) is 4.62. The number of benzene rings is 1. The Labute approximate surface area is 143 Å². The van der Waals surface area contributed by atoms with Crippen molar-refractivity contribution in [1.82, 2.24) is 9.97 Å². The molecule has 0 atom stereocenters. The molecule has 0 saturated heterocycles.